The zero-order valence-electron chi connectivity index (χ0n) is 14.6. The summed E-state index contributed by atoms with van der Waals surface area (Å²) in [5.74, 6) is 0.279. The van der Waals surface area contributed by atoms with Crippen LogP contribution in [-0.2, 0) is 9.53 Å². The number of unbranched alkanes of at least 4 members (excludes halogenated alkanes) is 1. The van der Waals surface area contributed by atoms with Gasteiger partial charge in [0.15, 0.2) is 0 Å². The van der Waals surface area contributed by atoms with Crippen LogP contribution in [0, 0.1) is 10.1 Å². The Bertz CT molecular complexity index is 801. The zero-order chi connectivity index (χ0) is 19.5. The zero-order valence-corrected chi connectivity index (χ0v) is 14.6. The van der Waals surface area contributed by atoms with E-state index in [9.17, 15) is 14.9 Å². The van der Waals surface area contributed by atoms with Crippen LogP contribution in [0.5, 0.6) is 5.75 Å². The monoisotopic (exact) mass is 369 g/mol. The van der Waals surface area contributed by atoms with Crippen molar-refractivity contribution >= 4 is 23.0 Å². The highest BCUT2D eigenvalue weighted by Crippen LogP contribution is 2.23. The van der Waals surface area contributed by atoms with Crippen molar-refractivity contribution in [1.82, 2.24) is 0 Å². The number of ether oxygens (including phenoxy) is 2. The Kier molecular flexibility index (Phi) is 7.65. The van der Waals surface area contributed by atoms with Gasteiger partial charge in [-0.3, -0.25) is 10.1 Å². The highest BCUT2D eigenvalue weighted by molar-refractivity contribution is 5.81. The van der Waals surface area contributed by atoms with Gasteiger partial charge in [-0.2, -0.15) is 10.2 Å². The molecule has 2 aromatic carbocycles. The fourth-order valence-corrected chi connectivity index (χ4v) is 1.99. The second kappa shape index (κ2) is 10.4. The number of hydrogen-bond donors (Lipinski definition) is 0. The molecule has 8 heteroatoms. The number of hydrogen-bond acceptors (Lipinski definition) is 7. The smallest absolute Gasteiger partial charge is 0.330 e. The standard InChI is InChI=1S/C19H19N3O5/c1-2-19(23)27-14-4-3-13-26-18-11-7-16(8-12-18)21-20-15-5-9-17(10-6-15)22(24)25/h2,5-12H,1,3-4,13-14H2. The lowest BCUT2D eigenvalue weighted by molar-refractivity contribution is -0.384. The van der Waals surface area contributed by atoms with Crippen LogP contribution < -0.4 is 4.74 Å². The number of nitrogens with zero attached hydrogens (tertiary/aromatic N) is 3. The van der Waals surface area contributed by atoms with Gasteiger partial charge in [-0.15, -0.1) is 0 Å². The molecule has 0 unspecified atom stereocenters. The summed E-state index contributed by atoms with van der Waals surface area (Å²) >= 11 is 0. The van der Waals surface area contributed by atoms with Gasteiger partial charge in [0.2, 0.25) is 0 Å². The lowest BCUT2D eigenvalue weighted by Gasteiger charge is -2.06. The Balaban J connectivity index is 1.75. The van der Waals surface area contributed by atoms with Gasteiger partial charge in [0.25, 0.3) is 5.69 Å². The average molecular weight is 369 g/mol. The fourth-order valence-electron chi connectivity index (χ4n) is 1.99. The molecule has 27 heavy (non-hydrogen) atoms. The largest absolute Gasteiger partial charge is 0.494 e. The molecular formula is C19H19N3O5. The first-order valence-electron chi connectivity index (χ1n) is 8.27. The molecule has 8 nitrogen and oxygen atoms in total. The molecule has 0 aliphatic rings. The molecule has 0 spiro atoms. The molecule has 0 atom stereocenters. The molecule has 2 aromatic rings. The minimum Gasteiger partial charge on any atom is -0.494 e. The van der Waals surface area contributed by atoms with Crippen LogP contribution in [0.25, 0.3) is 0 Å². The van der Waals surface area contributed by atoms with Crippen molar-refractivity contribution in [2.75, 3.05) is 13.2 Å². The topological polar surface area (TPSA) is 103 Å². The molecule has 0 heterocycles. The number of carbonyl (C=O) groups is 1. The molecule has 0 aliphatic carbocycles. The van der Waals surface area contributed by atoms with Gasteiger partial charge >= 0.3 is 5.97 Å². The van der Waals surface area contributed by atoms with Gasteiger partial charge in [0, 0.05) is 18.2 Å². The highest BCUT2D eigenvalue weighted by Gasteiger charge is 2.03. The lowest BCUT2D eigenvalue weighted by atomic mass is 10.3. The van der Waals surface area contributed by atoms with E-state index in [1.165, 1.54) is 24.3 Å². The number of azo groups is 1. The molecule has 0 aromatic heterocycles. The molecule has 0 N–H and O–H groups in total. The van der Waals surface area contributed by atoms with Gasteiger partial charge in [-0.1, -0.05) is 6.58 Å². The van der Waals surface area contributed by atoms with Crippen LogP contribution in [0.15, 0.2) is 71.4 Å². The van der Waals surface area contributed by atoms with E-state index in [2.05, 4.69) is 16.8 Å². The van der Waals surface area contributed by atoms with E-state index in [1.807, 2.05) is 0 Å². The van der Waals surface area contributed by atoms with Gasteiger partial charge in [-0.05, 0) is 49.2 Å². The molecule has 0 saturated carbocycles. The molecule has 140 valence electrons. The maximum absolute atomic E-state index is 10.9. The number of rotatable bonds is 10. The number of nitro benzene ring substituents is 1. The summed E-state index contributed by atoms with van der Waals surface area (Å²) in [6.07, 6.45) is 2.60. The molecule has 0 radical (unpaired) electrons. The molecule has 2 rings (SSSR count). The molecular weight excluding hydrogens is 350 g/mol. The minimum absolute atomic E-state index is 0.00863. The quantitative estimate of drug-likeness (QED) is 0.148. The van der Waals surface area contributed by atoms with Crippen LogP contribution in [0.3, 0.4) is 0 Å². The van der Waals surface area contributed by atoms with E-state index in [4.69, 9.17) is 9.47 Å². The molecule has 0 bridgehead atoms. The second-order valence-electron chi connectivity index (χ2n) is 5.39. The van der Waals surface area contributed by atoms with Crippen molar-refractivity contribution < 1.29 is 19.2 Å². The summed E-state index contributed by atoms with van der Waals surface area (Å²) in [5, 5.41) is 18.7. The first-order chi connectivity index (χ1) is 13.1. The van der Waals surface area contributed by atoms with E-state index in [1.54, 1.807) is 24.3 Å². The first kappa shape index (κ1) is 19.8. The third-order valence-corrected chi connectivity index (χ3v) is 3.40. The van der Waals surface area contributed by atoms with Crippen LogP contribution in [0.1, 0.15) is 12.8 Å². The molecule has 0 saturated heterocycles. The van der Waals surface area contributed by atoms with Crippen molar-refractivity contribution in [2.24, 2.45) is 10.2 Å². The Morgan fingerprint density at radius 2 is 1.56 bits per heavy atom. The van der Waals surface area contributed by atoms with Gasteiger partial charge in [-0.25, -0.2) is 4.79 Å². The Hall–Kier alpha value is -3.55. The van der Waals surface area contributed by atoms with E-state index in [0.29, 0.717) is 36.8 Å². The SMILES string of the molecule is C=CC(=O)OCCCCOc1ccc(N=Nc2ccc([N+](=O)[O-])cc2)cc1. The van der Waals surface area contributed by atoms with Crippen molar-refractivity contribution in [3.8, 4) is 5.75 Å². The third kappa shape index (κ3) is 7.07. The second-order valence-corrected chi connectivity index (χ2v) is 5.39. The average Bonchev–Trinajstić information content (AvgIpc) is 2.70. The van der Waals surface area contributed by atoms with Crippen molar-refractivity contribution in [2.45, 2.75) is 12.8 Å². The van der Waals surface area contributed by atoms with Crippen molar-refractivity contribution in [3.63, 3.8) is 0 Å². The number of benzene rings is 2. The Labute approximate surface area is 156 Å². The summed E-state index contributed by atoms with van der Waals surface area (Å²) < 4.78 is 10.5. The van der Waals surface area contributed by atoms with Gasteiger partial charge < -0.3 is 9.47 Å². The highest BCUT2D eigenvalue weighted by atomic mass is 16.6. The van der Waals surface area contributed by atoms with Crippen LogP contribution in [-0.4, -0.2) is 24.1 Å². The summed E-state index contributed by atoms with van der Waals surface area (Å²) in [5.41, 5.74) is 1.17. The minimum atomic E-state index is -0.465. The van der Waals surface area contributed by atoms with Crippen LogP contribution in [0.4, 0.5) is 17.1 Å². The summed E-state index contributed by atoms with van der Waals surface area (Å²) in [6, 6.07) is 12.9. The maximum atomic E-state index is 10.9. The Morgan fingerprint density at radius 3 is 2.11 bits per heavy atom. The lowest BCUT2D eigenvalue weighted by Crippen LogP contribution is -2.04. The first-order valence-corrected chi connectivity index (χ1v) is 8.27. The normalized spacial score (nSPS) is 10.5. The van der Waals surface area contributed by atoms with Gasteiger partial charge in [0.1, 0.15) is 5.75 Å². The number of carbonyl (C=O) groups excluding carboxylic acids is 1. The molecule has 0 fully saturated rings. The fraction of sp³-hybridized carbons (Fsp3) is 0.211. The van der Waals surface area contributed by atoms with E-state index in [0.717, 1.165) is 12.5 Å². The summed E-state index contributed by atoms with van der Waals surface area (Å²) in [7, 11) is 0. The maximum Gasteiger partial charge on any atom is 0.330 e. The summed E-state index contributed by atoms with van der Waals surface area (Å²) in [4.78, 5) is 21.0. The number of esters is 1. The molecule has 0 aliphatic heterocycles. The van der Waals surface area contributed by atoms with Gasteiger partial charge in [0.05, 0.1) is 29.5 Å². The number of nitro groups is 1. The van der Waals surface area contributed by atoms with Crippen molar-refractivity contribution in [1.29, 1.82) is 0 Å². The predicted octanol–water partition coefficient (Wildman–Crippen LogP) is 4.90. The number of non-ortho nitro benzene ring substituents is 1. The summed E-state index contributed by atoms with van der Waals surface area (Å²) in [6.45, 7) is 4.18. The predicted molar refractivity (Wildman–Crippen MR) is 99.6 cm³/mol. The van der Waals surface area contributed by atoms with E-state index < -0.39 is 10.9 Å². The van der Waals surface area contributed by atoms with Crippen LogP contribution >= 0.6 is 0 Å². The van der Waals surface area contributed by atoms with E-state index in [-0.39, 0.29) is 5.69 Å². The van der Waals surface area contributed by atoms with E-state index >= 15 is 0 Å². The van der Waals surface area contributed by atoms with Crippen molar-refractivity contribution in [3.05, 3.63) is 71.3 Å². The van der Waals surface area contributed by atoms with Crippen LogP contribution in [0.2, 0.25) is 0 Å². The molecule has 0 amide bonds. The third-order valence-electron chi connectivity index (χ3n) is 3.40. The Morgan fingerprint density at radius 1 is 1.00 bits per heavy atom.